The number of carbonyl (C=O) groups excluding carboxylic acids is 1. The third-order valence-electron chi connectivity index (χ3n) is 4.97. The maximum absolute atomic E-state index is 14.3. The Kier molecular flexibility index (Phi) is 4.79. The van der Waals surface area contributed by atoms with Crippen molar-refractivity contribution in [2.24, 2.45) is 7.05 Å². The molecule has 4 rings (SSSR count). The zero-order chi connectivity index (χ0) is 22.4. The number of nitrogens with zero attached hydrogens (tertiary/aromatic N) is 4. The summed E-state index contributed by atoms with van der Waals surface area (Å²) in [5, 5.41) is 17.4. The van der Waals surface area contributed by atoms with Crippen LogP contribution in [0.25, 0.3) is 11.5 Å². The van der Waals surface area contributed by atoms with Crippen LogP contribution >= 0.6 is 0 Å². The van der Waals surface area contributed by atoms with Gasteiger partial charge in [-0.05, 0) is 24.6 Å². The second-order valence-corrected chi connectivity index (χ2v) is 6.98. The number of aromatic nitrogens is 4. The number of anilines is 2. The van der Waals surface area contributed by atoms with Crippen LogP contribution in [0.15, 0.2) is 41.5 Å². The molecule has 1 fully saturated rings. The van der Waals surface area contributed by atoms with E-state index in [4.69, 9.17) is 4.42 Å². The molecule has 0 bridgehead atoms. The highest BCUT2D eigenvalue weighted by atomic mass is 19.4. The van der Waals surface area contributed by atoms with Crippen LogP contribution in [-0.2, 0) is 23.4 Å². The summed E-state index contributed by atoms with van der Waals surface area (Å²) >= 11 is 0. The van der Waals surface area contributed by atoms with Gasteiger partial charge in [-0.15, -0.1) is 16.8 Å². The second-order valence-electron chi connectivity index (χ2n) is 6.98. The molecule has 2 N–H and O–H groups in total. The Balaban J connectivity index is 1.67. The van der Waals surface area contributed by atoms with Crippen molar-refractivity contribution >= 4 is 17.4 Å². The standard InChI is InChI=1S/C19H16F4N6O2/c1-3-18(6-7-24-16(18)30)17-27-26-15(31-17)11-9-29(2)28-14(11)25-13-5-4-10(8-12(13)20)19(21,22)23/h3-5,8-9H,1,6-7H2,2H3,(H,24,30)(H,25,28). The normalized spacial score (nSPS) is 18.8. The highest BCUT2D eigenvalue weighted by Gasteiger charge is 2.46. The van der Waals surface area contributed by atoms with Crippen LogP contribution in [0.1, 0.15) is 17.9 Å². The van der Waals surface area contributed by atoms with Crippen LogP contribution in [0.5, 0.6) is 0 Å². The lowest BCUT2D eigenvalue weighted by molar-refractivity contribution is -0.137. The summed E-state index contributed by atoms with van der Waals surface area (Å²) in [5.41, 5.74) is -2.20. The zero-order valence-corrected chi connectivity index (χ0v) is 16.1. The lowest BCUT2D eigenvalue weighted by Crippen LogP contribution is -2.33. The highest BCUT2D eigenvalue weighted by molar-refractivity contribution is 5.91. The lowest BCUT2D eigenvalue weighted by Gasteiger charge is -2.15. The first-order valence-corrected chi connectivity index (χ1v) is 9.08. The van der Waals surface area contributed by atoms with E-state index in [1.807, 2.05) is 0 Å². The van der Waals surface area contributed by atoms with Crippen molar-refractivity contribution in [1.82, 2.24) is 25.3 Å². The molecule has 1 saturated heterocycles. The fraction of sp³-hybridized carbons (Fsp3) is 0.263. The molecule has 0 aliphatic carbocycles. The molecule has 1 aliphatic rings. The summed E-state index contributed by atoms with van der Waals surface area (Å²) in [6.45, 7) is 4.12. The Bertz CT molecular complexity index is 1170. The molecule has 2 aromatic heterocycles. The molecule has 3 aromatic rings. The summed E-state index contributed by atoms with van der Waals surface area (Å²) in [4.78, 5) is 12.3. The third kappa shape index (κ3) is 3.53. The molecule has 1 aliphatic heterocycles. The summed E-state index contributed by atoms with van der Waals surface area (Å²) in [5.74, 6) is -1.29. The van der Waals surface area contributed by atoms with Crippen LogP contribution in [-0.4, -0.2) is 32.4 Å². The van der Waals surface area contributed by atoms with Crippen molar-refractivity contribution in [3.05, 3.63) is 54.3 Å². The van der Waals surface area contributed by atoms with Crippen molar-refractivity contribution in [2.75, 3.05) is 11.9 Å². The highest BCUT2D eigenvalue weighted by Crippen LogP contribution is 2.36. The first-order chi connectivity index (χ1) is 14.6. The number of rotatable bonds is 5. The predicted molar refractivity (Wildman–Crippen MR) is 101 cm³/mol. The van der Waals surface area contributed by atoms with Crippen molar-refractivity contribution in [1.29, 1.82) is 0 Å². The van der Waals surface area contributed by atoms with Crippen LogP contribution in [0.3, 0.4) is 0 Å². The molecule has 1 unspecified atom stereocenters. The number of aryl methyl sites for hydroxylation is 1. The smallest absolute Gasteiger partial charge is 0.416 e. The van der Waals surface area contributed by atoms with Gasteiger partial charge in [-0.3, -0.25) is 9.48 Å². The van der Waals surface area contributed by atoms with E-state index in [-0.39, 0.29) is 34.8 Å². The molecule has 1 amide bonds. The molecule has 1 atom stereocenters. The van der Waals surface area contributed by atoms with Crippen LogP contribution in [0.2, 0.25) is 0 Å². The minimum atomic E-state index is -4.66. The average Bonchev–Trinajstić information content (AvgIpc) is 3.41. The largest absolute Gasteiger partial charge is 0.419 e. The monoisotopic (exact) mass is 436 g/mol. The van der Waals surface area contributed by atoms with Crippen molar-refractivity contribution < 1.29 is 26.8 Å². The van der Waals surface area contributed by atoms with Crippen molar-refractivity contribution in [3.63, 3.8) is 0 Å². The number of carbonyl (C=O) groups is 1. The van der Waals surface area contributed by atoms with Gasteiger partial charge in [-0.2, -0.15) is 18.3 Å². The molecule has 8 nitrogen and oxygen atoms in total. The van der Waals surface area contributed by atoms with E-state index in [9.17, 15) is 22.4 Å². The summed E-state index contributed by atoms with van der Waals surface area (Å²) < 4.78 is 59.7. The van der Waals surface area contributed by atoms with Gasteiger partial charge >= 0.3 is 6.18 Å². The molecule has 12 heteroatoms. The average molecular weight is 436 g/mol. The molecule has 162 valence electrons. The zero-order valence-electron chi connectivity index (χ0n) is 16.1. The number of hydrogen-bond donors (Lipinski definition) is 2. The molecule has 1 aromatic carbocycles. The van der Waals surface area contributed by atoms with Crippen LogP contribution in [0, 0.1) is 5.82 Å². The van der Waals surface area contributed by atoms with Gasteiger partial charge in [0, 0.05) is 19.8 Å². The maximum atomic E-state index is 14.3. The number of halogens is 4. The molecule has 3 heterocycles. The van der Waals surface area contributed by atoms with Gasteiger partial charge in [0.05, 0.1) is 11.3 Å². The fourth-order valence-electron chi connectivity index (χ4n) is 3.30. The fourth-order valence-corrected chi connectivity index (χ4v) is 3.30. The van der Waals surface area contributed by atoms with E-state index >= 15 is 0 Å². The molecular formula is C19H16F4N6O2. The molecule has 0 spiro atoms. The van der Waals surface area contributed by atoms with Gasteiger partial charge in [0.15, 0.2) is 5.82 Å². The van der Waals surface area contributed by atoms with Gasteiger partial charge < -0.3 is 15.1 Å². The quantitative estimate of drug-likeness (QED) is 0.471. The number of hydrogen-bond acceptors (Lipinski definition) is 6. The van der Waals surface area contributed by atoms with Gasteiger partial charge in [0.25, 0.3) is 5.89 Å². The number of benzene rings is 1. The Morgan fingerprint density at radius 3 is 2.74 bits per heavy atom. The van der Waals surface area contributed by atoms with E-state index in [0.29, 0.717) is 19.0 Å². The molecular weight excluding hydrogens is 420 g/mol. The van der Waals surface area contributed by atoms with E-state index in [1.54, 1.807) is 7.05 Å². The Morgan fingerprint density at radius 2 is 2.13 bits per heavy atom. The summed E-state index contributed by atoms with van der Waals surface area (Å²) in [6, 6.07) is 2.11. The van der Waals surface area contributed by atoms with Crippen molar-refractivity contribution in [3.8, 4) is 11.5 Å². The lowest BCUT2D eigenvalue weighted by atomic mass is 9.86. The minimum Gasteiger partial charge on any atom is -0.419 e. The van der Waals surface area contributed by atoms with E-state index in [1.165, 1.54) is 17.0 Å². The third-order valence-corrected chi connectivity index (χ3v) is 4.97. The maximum Gasteiger partial charge on any atom is 0.416 e. The van der Waals surface area contributed by atoms with Gasteiger partial charge in [0.2, 0.25) is 11.8 Å². The Hall–Kier alpha value is -3.70. The van der Waals surface area contributed by atoms with Crippen LogP contribution in [0.4, 0.5) is 29.1 Å². The molecule has 0 radical (unpaired) electrons. The SMILES string of the molecule is C=CC1(c2nnc(-c3cn(C)nc3Nc3ccc(C(F)(F)F)cc3F)o2)CCNC1=O. The predicted octanol–water partition coefficient (Wildman–Crippen LogP) is 3.32. The van der Waals surface area contributed by atoms with Gasteiger partial charge in [-0.25, -0.2) is 4.39 Å². The topological polar surface area (TPSA) is 97.9 Å². The number of alkyl halides is 3. The number of amides is 1. The van der Waals surface area contributed by atoms with Gasteiger partial charge in [0.1, 0.15) is 16.8 Å². The van der Waals surface area contributed by atoms with Gasteiger partial charge in [-0.1, -0.05) is 6.08 Å². The minimum absolute atomic E-state index is 0.00107. The van der Waals surface area contributed by atoms with Crippen LogP contribution < -0.4 is 10.6 Å². The summed E-state index contributed by atoms with van der Waals surface area (Å²) in [6.07, 6.45) is -1.32. The molecule has 31 heavy (non-hydrogen) atoms. The second kappa shape index (κ2) is 7.22. The van der Waals surface area contributed by atoms with E-state index in [2.05, 4.69) is 32.5 Å². The van der Waals surface area contributed by atoms with E-state index in [0.717, 1.165) is 12.1 Å². The summed E-state index contributed by atoms with van der Waals surface area (Å²) in [7, 11) is 1.59. The molecule has 0 saturated carbocycles. The first-order valence-electron chi connectivity index (χ1n) is 9.08. The Morgan fingerprint density at radius 1 is 1.35 bits per heavy atom. The first kappa shape index (κ1) is 20.6. The van der Waals surface area contributed by atoms with E-state index < -0.39 is 23.0 Å². The Labute approximate surface area is 173 Å². The van der Waals surface area contributed by atoms with Crippen molar-refractivity contribution in [2.45, 2.75) is 18.0 Å². The number of nitrogens with one attached hydrogen (secondary N) is 2.